The molecule has 0 unspecified atom stereocenters. The molecule has 1 heterocycles. The van der Waals surface area contributed by atoms with Gasteiger partial charge < -0.3 is 15.1 Å². The third-order valence-corrected chi connectivity index (χ3v) is 6.82. The van der Waals surface area contributed by atoms with Crippen molar-refractivity contribution in [1.29, 1.82) is 0 Å². The van der Waals surface area contributed by atoms with Crippen molar-refractivity contribution in [2.75, 3.05) is 33.7 Å². The lowest BCUT2D eigenvalue weighted by Gasteiger charge is -2.40. The molecule has 1 aliphatic carbocycles. The normalized spacial score (nSPS) is 20.3. The monoisotopic (exact) mass is 403 g/mol. The maximum atomic E-state index is 13.1. The van der Waals surface area contributed by atoms with E-state index in [0.717, 1.165) is 12.8 Å². The van der Waals surface area contributed by atoms with Crippen LogP contribution in [0.2, 0.25) is 0 Å². The van der Waals surface area contributed by atoms with Crippen LogP contribution in [0.15, 0.2) is 24.3 Å². The molecule has 29 heavy (non-hydrogen) atoms. The van der Waals surface area contributed by atoms with E-state index in [4.69, 9.17) is 0 Å². The fraction of sp³-hybridized carbons (Fsp3) is 0.652. The second-order valence-electron chi connectivity index (χ2n) is 8.82. The highest BCUT2D eigenvalue weighted by Gasteiger charge is 2.35. The Morgan fingerprint density at radius 2 is 1.66 bits per heavy atom. The average Bonchev–Trinajstić information content (AvgIpc) is 2.99. The number of hydrogen-bond acceptors (Lipinski definition) is 3. The lowest BCUT2D eigenvalue weighted by molar-refractivity contribution is -0.127. The van der Waals surface area contributed by atoms with Crippen LogP contribution in [0.5, 0.6) is 0 Å². The van der Waals surface area contributed by atoms with Crippen molar-refractivity contribution in [3.05, 3.63) is 35.6 Å². The summed E-state index contributed by atoms with van der Waals surface area (Å²) in [6.07, 6.45) is 8.61. The predicted molar refractivity (Wildman–Crippen MR) is 112 cm³/mol. The highest BCUT2D eigenvalue weighted by molar-refractivity contribution is 5.94. The SMILES string of the molecule is CN(C)C1(CNC(=O)C2CCN(C(=O)c3ccc(F)cc3)CC2)CCCCCC1. The lowest BCUT2D eigenvalue weighted by atomic mass is 9.88. The number of piperidine rings is 1. The average molecular weight is 404 g/mol. The van der Waals surface area contributed by atoms with E-state index >= 15 is 0 Å². The van der Waals surface area contributed by atoms with Gasteiger partial charge in [-0.15, -0.1) is 0 Å². The number of amides is 2. The molecule has 0 aromatic heterocycles. The molecule has 5 nitrogen and oxygen atoms in total. The molecule has 2 amide bonds. The Kier molecular flexibility index (Phi) is 7.28. The fourth-order valence-corrected chi connectivity index (χ4v) is 4.68. The Morgan fingerprint density at radius 3 is 2.21 bits per heavy atom. The van der Waals surface area contributed by atoms with Crippen LogP contribution in [0.4, 0.5) is 4.39 Å². The summed E-state index contributed by atoms with van der Waals surface area (Å²) in [6, 6.07) is 5.65. The largest absolute Gasteiger partial charge is 0.354 e. The standard InChI is InChI=1S/C23H34FN3O2/c1-26(2)23(13-5-3-4-6-14-23)17-25-21(28)18-11-15-27(16-12-18)22(29)19-7-9-20(24)10-8-19/h7-10,18H,3-6,11-17H2,1-2H3,(H,25,28). The van der Waals surface area contributed by atoms with E-state index in [0.29, 0.717) is 38.0 Å². The van der Waals surface area contributed by atoms with Crippen molar-refractivity contribution in [3.8, 4) is 0 Å². The van der Waals surface area contributed by atoms with Crippen molar-refractivity contribution >= 4 is 11.8 Å². The second-order valence-corrected chi connectivity index (χ2v) is 8.82. The summed E-state index contributed by atoms with van der Waals surface area (Å²) in [4.78, 5) is 29.4. The Balaban J connectivity index is 1.50. The first kappa shape index (κ1) is 21.8. The quantitative estimate of drug-likeness (QED) is 0.766. The van der Waals surface area contributed by atoms with Gasteiger partial charge in [-0.1, -0.05) is 25.7 Å². The van der Waals surface area contributed by atoms with E-state index in [1.807, 2.05) is 0 Å². The van der Waals surface area contributed by atoms with E-state index in [1.165, 1.54) is 49.9 Å². The molecule has 0 bridgehead atoms. The highest BCUT2D eigenvalue weighted by atomic mass is 19.1. The first-order chi connectivity index (χ1) is 13.9. The van der Waals surface area contributed by atoms with E-state index in [1.54, 1.807) is 4.90 Å². The maximum absolute atomic E-state index is 13.1. The summed E-state index contributed by atoms with van der Waals surface area (Å²) < 4.78 is 13.1. The van der Waals surface area contributed by atoms with Gasteiger partial charge in [-0.05, 0) is 64.0 Å². The summed E-state index contributed by atoms with van der Waals surface area (Å²) in [5.41, 5.74) is 0.557. The van der Waals surface area contributed by atoms with Gasteiger partial charge in [0.25, 0.3) is 5.91 Å². The first-order valence-corrected chi connectivity index (χ1v) is 10.9. The van der Waals surface area contributed by atoms with Crippen LogP contribution in [0.25, 0.3) is 0 Å². The lowest BCUT2D eigenvalue weighted by Crippen LogP contribution is -2.53. The Morgan fingerprint density at radius 1 is 1.07 bits per heavy atom. The predicted octanol–water partition coefficient (Wildman–Crippen LogP) is 3.45. The number of benzene rings is 1. The first-order valence-electron chi connectivity index (χ1n) is 10.9. The molecule has 160 valence electrons. The van der Waals surface area contributed by atoms with Gasteiger partial charge in [-0.2, -0.15) is 0 Å². The number of hydrogen-bond donors (Lipinski definition) is 1. The van der Waals surface area contributed by atoms with Gasteiger partial charge in [-0.3, -0.25) is 9.59 Å². The number of carbonyl (C=O) groups excluding carboxylic acids is 2. The molecular weight excluding hydrogens is 369 g/mol. The second kappa shape index (κ2) is 9.70. The molecule has 1 saturated heterocycles. The maximum Gasteiger partial charge on any atom is 0.253 e. The smallest absolute Gasteiger partial charge is 0.253 e. The molecular formula is C23H34FN3O2. The summed E-state index contributed by atoms with van der Waals surface area (Å²) >= 11 is 0. The van der Waals surface area contributed by atoms with Gasteiger partial charge in [0.15, 0.2) is 0 Å². The number of nitrogens with zero attached hydrogens (tertiary/aromatic N) is 2. The minimum absolute atomic E-state index is 0.0442. The summed E-state index contributed by atoms with van der Waals surface area (Å²) in [5, 5.41) is 3.23. The van der Waals surface area contributed by atoms with Crippen LogP contribution in [0, 0.1) is 11.7 Å². The van der Waals surface area contributed by atoms with Gasteiger partial charge >= 0.3 is 0 Å². The zero-order valence-corrected chi connectivity index (χ0v) is 17.8. The molecule has 0 spiro atoms. The van der Waals surface area contributed by atoms with Crippen LogP contribution >= 0.6 is 0 Å². The number of likely N-dealkylation sites (tertiary alicyclic amines) is 1. The minimum atomic E-state index is -0.346. The number of rotatable bonds is 5. The molecule has 6 heteroatoms. The number of likely N-dealkylation sites (N-methyl/N-ethyl adjacent to an activating group) is 1. The zero-order valence-electron chi connectivity index (χ0n) is 17.8. The molecule has 1 aliphatic heterocycles. The molecule has 0 atom stereocenters. The van der Waals surface area contributed by atoms with Crippen molar-refractivity contribution < 1.29 is 14.0 Å². The fourth-order valence-electron chi connectivity index (χ4n) is 4.68. The summed E-state index contributed by atoms with van der Waals surface area (Å²) in [5.74, 6) is -0.364. The van der Waals surface area contributed by atoms with Crippen LogP contribution in [-0.4, -0.2) is 60.9 Å². The molecule has 1 aromatic carbocycles. The van der Waals surface area contributed by atoms with Gasteiger partial charge in [-0.25, -0.2) is 4.39 Å². The molecule has 0 radical (unpaired) electrons. The summed E-state index contributed by atoms with van der Waals surface area (Å²) in [6.45, 7) is 1.83. The molecule has 2 aliphatic rings. The molecule has 3 rings (SSSR count). The van der Waals surface area contributed by atoms with E-state index < -0.39 is 0 Å². The van der Waals surface area contributed by atoms with Crippen LogP contribution in [-0.2, 0) is 4.79 Å². The Hall–Kier alpha value is -1.95. The Labute approximate surface area is 173 Å². The van der Waals surface area contributed by atoms with E-state index in [9.17, 15) is 14.0 Å². The van der Waals surface area contributed by atoms with E-state index in [2.05, 4.69) is 24.3 Å². The van der Waals surface area contributed by atoms with Gasteiger partial charge in [0, 0.05) is 36.7 Å². The molecule has 1 saturated carbocycles. The van der Waals surface area contributed by atoms with E-state index in [-0.39, 0.29) is 29.1 Å². The third kappa shape index (κ3) is 5.35. The van der Waals surface area contributed by atoms with Crippen LogP contribution in [0.1, 0.15) is 61.7 Å². The van der Waals surface area contributed by atoms with Crippen molar-refractivity contribution in [3.63, 3.8) is 0 Å². The Bertz CT molecular complexity index is 689. The van der Waals surface area contributed by atoms with Crippen molar-refractivity contribution in [1.82, 2.24) is 15.1 Å². The number of halogens is 1. The minimum Gasteiger partial charge on any atom is -0.354 e. The van der Waals surface area contributed by atoms with Crippen LogP contribution < -0.4 is 5.32 Å². The number of carbonyl (C=O) groups is 2. The summed E-state index contributed by atoms with van der Waals surface area (Å²) in [7, 11) is 4.24. The van der Waals surface area contributed by atoms with Gasteiger partial charge in [0.2, 0.25) is 5.91 Å². The van der Waals surface area contributed by atoms with Crippen molar-refractivity contribution in [2.24, 2.45) is 5.92 Å². The van der Waals surface area contributed by atoms with Crippen LogP contribution in [0.3, 0.4) is 0 Å². The molecule has 1 N–H and O–H groups in total. The topological polar surface area (TPSA) is 52.7 Å². The van der Waals surface area contributed by atoms with Gasteiger partial charge in [0.1, 0.15) is 5.82 Å². The molecule has 1 aromatic rings. The number of nitrogens with one attached hydrogen (secondary N) is 1. The third-order valence-electron chi connectivity index (χ3n) is 6.82. The van der Waals surface area contributed by atoms with Gasteiger partial charge in [0.05, 0.1) is 0 Å². The highest BCUT2D eigenvalue weighted by Crippen LogP contribution is 2.31. The molecule has 2 fully saturated rings. The van der Waals surface area contributed by atoms with Crippen molar-refractivity contribution in [2.45, 2.75) is 56.9 Å². The zero-order chi connectivity index (χ0) is 20.9.